The van der Waals surface area contributed by atoms with E-state index in [2.05, 4.69) is 38.2 Å². The van der Waals surface area contributed by atoms with Gasteiger partial charge in [0, 0.05) is 87.2 Å². The van der Waals surface area contributed by atoms with E-state index in [0.717, 1.165) is 80.3 Å². The van der Waals surface area contributed by atoms with Gasteiger partial charge in [0.15, 0.2) is 17.5 Å². The van der Waals surface area contributed by atoms with E-state index in [-0.39, 0.29) is 57.5 Å². The number of phenols is 1. The quantitative estimate of drug-likeness (QED) is 0.0751. The maximum absolute atomic E-state index is 15.3. The van der Waals surface area contributed by atoms with E-state index >= 15 is 9.59 Å². The lowest BCUT2D eigenvalue weighted by Crippen LogP contribution is -2.79. The molecule has 1 saturated heterocycles. The zero-order valence-electron chi connectivity index (χ0n) is 42.3. The van der Waals surface area contributed by atoms with Crippen LogP contribution in [0.15, 0.2) is 66.3 Å². The topological polar surface area (TPSA) is 243 Å². The van der Waals surface area contributed by atoms with Crippen LogP contribution in [0.5, 0.6) is 11.5 Å². The SMILES string of the molecule is Cc1cc(O)c2c(c1)C(=O)c1c(c3cc4c(nccc14)NCC(O)C14CCC5C#CCC6CCCCC6(c6cnc[nH]6)c6cc(c([nH]6)C6=CC7(O3)OC3(C6=C1CC1(CCC6(CCCC6)C1)C3O)C(O)C(O)C7O)C54)C2=O. The van der Waals surface area contributed by atoms with E-state index in [1.54, 1.807) is 43.7 Å². The summed E-state index contributed by atoms with van der Waals surface area (Å²) in [6.45, 7) is 1.70. The second-order valence-corrected chi connectivity index (χ2v) is 25.1. The maximum atomic E-state index is 15.3. The summed E-state index contributed by atoms with van der Waals surface area (Å²) in [5.74, 6) is 3.02. The lowest BCUT2D eigenvalue weighted by Gasteiger charge is -2.64. The lowest BCUT2D eigenvalue weighted by molar-refractivity contribution is -0.366. The molecule has 3 aromatic heterocycles. The Hall–Kier alpha value is -6.12. The van der Waals surface area contributed by atoms with Crippen LogP contribution in [-0.4, -0.2) is 111 Å². The Kier molecular flexibility index (Phi) is 9.16. The van der Waals surface area contributed by atoms with Crippen molar-refractivity contribution >= 4 is 33.7 Å². The number of phenolic OH excluding ortho intramolecular Hbond substituents is 1. The van der Waals surface area contributed by atoms with Crippen molar-refractivity contribution in [3.63, 3.8) is 0 Å². The van der Waals surface area contributed by atoms with Crippen molar-refractivity contribution in [1.82, 2.24) is 19.9 Å². The summed E-state index contributed by atoms with van der Waals surface area (Å²) in [6, 6.07) is 8.50. The molecule has 13 unspecified atom stereocenters. The van der Waals surface area contributed by atoms with Gasteiger partial charge in [-0.05, 0) is 141 Å². The number of carbonyl (C=O) groups excluding carboxylic acids is 2. The maximum Gasteiger partial charge on any atom is 0.261 e. The number of pyridine rings is 1. The van der Waals surface area contributed by atoms with Crippen LogP contribution in [0.1, 0.15) is 162 Å². The molecule has 15 nitrogen and oxygen atoms in total. The smallest absolute Gasteiger partial charge is 0.261 e. The van der Waals surface area contributed by atoms with E-state index in [1.165, 1.54) is 6.07 Å². The highest BCUT2D eigenvalue weighted by molar-refractivity contribution is 6.34. The fourth-order valence-electron chi connectivity index (χ4n) is 18.6. The van der Waals surface area contributed by atoms with Gasteiger partial charge in [-0.25, -0.2) is 9.97 Å². The minimum Gasteiger partial charge on any atom is -0.507 e. The van der Waals surface area contributed by atoms with Gasteiger partial charge in [-0.3, -0.25) is 9.59 Å². The molecule has 0 amide bonds. The van der Waals surface area contributed by atoms with Crippen LogP contribution < -0.4 is 10.1 Å². The molecule has 9 N–H and O–H groups in total. The first-order valence-electron chi connectivity index (χ1n) is 27.8. The van der Waals surface area contributed by atoms with Gasteiger partial charge in [0.2, 0.25) is 5.78 Å². The molecule has 10 bridgehead atoms. The summed E-state index contributed by atoms with van der Waals surface area (Å²) in [5.41, 5.74) is 0.551. The highest BCUT2D eigenvalue weighted by atomic mass is 16.7. The Morgan fingerprint density at radius 2 is 1.70 bits per heavy atom. The average Bonchev–Trinajstić information content (AvgIpc) is 4.30. The third kappa shape index (κ3) is 5.41. The number of carbonyl (C=O) groups is 2. The molecule has 17 rings (SSSR count). The molecule has 13 atom stereocenters. The van der Waals surface area contributed by atoms with Crippen molar-refractivity contribution in [3.8, 4) is 23.3 Å². The zero-order valence-corrected chi connectivity index (χ0v) is 42.3. The van der Waals surface area contributed by atoms with Gasteiger partial charge in [0.25, 0.3) is 5.79 Å². The molecule has 390 valence electrons. The monoisotopic (exact) mass is 1020 g/mol. The van der Waals surface area contributed by atoms with Crippen LogP contribution in [0.2, 0.25) is 0 Å². The van der Waals surface area contributed by atoms with E-state index < -0.39 is 75.6 Å². The van der Waals surface area contributed by atoms with Crippen LogP contribution in [0.3, 0.4) is 0 Å². The molecule has 5 fully saturated rings. The Morgan fingerprint density at radius 1 is 0.855 bits per heavy atom. The number of aliphatic hydroxyl groups is 5. The normalized spacial score (nSPS) is 38.7. The molecule has 7 heterocycles. The van der Waals surface area contributed by atoms with Gasteiger partial charge in [-0.1, -0.05) is 37.2 Å². The van der Waals surface area contributed by atoms with E-state index in [9.17, 15) is 30.6 Å². The first-order chi connectivity index (χ1) is 36.7. The summed E-state index contributed by atoms with van der Waals surface area (Å²) in [7, 11) is 0. The number of ether oxygens (including phenoxy) is 2. The molecule has 12 aliphatic rings. The molecular formula is C61H61N5O10. The number of aliphatic hydroxyl groups excluding tert-OH is 5. The molecule has 5 spiro atoms. The third-order valence-electron chi connectivity index (χ3n) is 21.7. The Labute approximate surface area is 438 Å². The first kappa shape index (κ1) is 46.0. The fraction of sp³-hybridized carbons (Fsp3) is 0.508. The van der Waals surface area contributed by atoms with Crippen LogP contribution in [-0.2, 0) is 10.2 Å². The highest BCUT2D eigenvalue weighted by Gasteiger charge is 2.76. The second kappa shape index (κ2) is 15.1. The summed E-state index contributed by atoms with van der Waals surface area (Å²) in [6.07, 6.45) is 10.4. The van der Waals surface area contributed by atoms with Crippen molar-refractivity contribution in [2.24, 2.45) is 28.1 Å². The minimum atomic E-state index is -2.47. The van der Waals surface area contributed by atoms with E-state index in [0.29, 0.717) is 77.5 Å². The number of aromatic hydroxyl groups is 1. The van der Waals surface area contributed by atoms with Crippen molar-refractivity contribution in [3.05, 3.63) is 117 Å². The Morgan fingerprint density at radius 3 is 2.53 bits per heavy atom. The van der Waals surface area contributed by atoms with Gasteiger partial charge in [0.05, 0.1) is 35.1 Å². The van der Waals surface area contributed by atoms with Crippen molar-refractivity contribution in [2.45, 2.75) is 156 Å². The largest absolute Gasteiger partial charge is 0.507 e. The van der Waals surface area contributed by atoms with Gasteiger partial charge in [-0.2, -0.15) is 0 Å². The summed E-state index contributed by atoms with van der Waals surface area (Å²) >= 11 is 0. The minimum absolute atomic E-state index is 0.0118. The average molecular weight is 1020 g/mol. The first-order valence-corrected chi connectivity index (χ1v) is 27.8. The number of hydrogen-bond acceptors (Lipinski definition) is 13. The predicted molar refractivity (Wildman–Crippen MR) is 276 cm³/mol. The molecule has 4 saturated carbocycles. The van der Waals surface area contributed by atoms with Gasteiger partial charge in [0.1, 0.15) is 29.5 Å². The summed E-state index contributed by atoms with van der Waals surface area (Å²) < 4.78 is 14.9. The number of ketones is 2. The van der Waals surface area contributed by atoms with Crippen molar-refractivity contribution in [2.75, 3.05) is 11.9 Å². The number of aryl methyl sites for hydroxylation is 1. The van der Waals surface area contributed by atoms with Crippen molar-refractivity contribution < 1.29 is 49.7 Å². The molecule has 0 radical (unpaired) electrons. The number of H-pyrrole nitrogens is 2. The third-order valence-corrected chi connectivity index (χ3v) is 21.7. The molecule has 4 aliphatic heterocycles. The van der Waals surface area contributed by atoms with Gasteiger partial charge < -0.3 is 55.4 Å². The number of anilines is 1. The fourth-order valence-corrected chi connectivity index (χ4v) is 18.6. The molecule has 15 heteroatoms. The van der Waals surface area contributed by atoms with E-state index in [1.807, 2.05) is 6.20 Å². The van der Waals surface area contributed by atoms with Gasteiger partial charge in [-0.15, -0.1) is 5.92 Å². The number of aromatic nitrogens is 4. The molecule has 2 aromatic carbocycles. The van der Waals surface area contributed by atoms with Gasteiger partial charge >= 0.3 is 0 Å². The number of nitrogens with zero attached hydrogens (tertiary/aromatic N) is 2. The van der Waals surface area contributed by atoms with Crippen LogP contribution >= 0.6 is 0 Å². The van der Waals surface area contributed by atoms with Crippen LogP contribution in [0.4, 0.5) is 5.82 Å². The highest BCUT2D eigenvalue weighted by Crippen LogP contribution is 2.74. The number of nitrogens with one attached hydrogen (secondary N) is 3. The standard InChI is InChI=1S/C61H61N5O10/c1-29-19-34-43(38(67)20-29)50(70)45-39-21-33-32(44(45)49(34)69)11-18-63-54(33)64-26-42(68)59-15-10-30-7-6-9-31-8-2-3-14-58(31,41-25-62-28-65-41)40-22-35(46(30)59)48(66-40)36-23-60(75-39)52(72)51(71)53(73)61(76-60)47(36)37(59)24-57(55(61)74)17-16-56(27-57)12-4-5-13-56/h11,18-23,25,28,30-31,42,46,51-53,55,66-68,71-74H,2-5,8-10,12-17,24,26-27H2,1H3,(H,62,65)(H,63,64). The van der Waals surface area contributed by atoms with Crippen LogP contribution in [0.25, 0.3) is 16.3 Å². The second-order valence-electron chi connectivity index (χ2n) is 25.1. The number of fused-ring (bicyclic) bond motifs is 8. The number of aromatic amines is 2. The Bertz CT molecular complexity index is 3580. The van der Waals surface area contributed by atoms with Crippen molar-refractivity contribution in [1.29, 1.82) is 0 Å². The number of imidazole rings is 1. The molecule has 8 aliphatic carbocycles. The predicted octanol–water partition coefficient (Wildman–Crippen LogP) is 7.05. The number of hydrogen-bond donors (Lipinski definition) is 9. The lowest BCUT2D eigenvalue weighted by atomic mass is 9.50. The Balaban J connectivity index is 1.04. The zero-order chi connectivity index (χ0) is 51.6. The number of rotatable bonds is 1. The number of benzene rings is 2. The molecule has 5 aromatic rings. The van der Waals surface area contributed by atoms with E-state index in [4.69, 9.17) is 14.5 Å². The molecular weight excluding hydrogens is 963 g/mol. The summed E-state index contributed by atoms with van der Waals surface area (Å²) in [5, 5.41) is 82.9. The summed E-state index contributed by atoms with van der Waals surface area (Å²) in [4.78, 5) is 47.5. The van der Waals surface area contributed by atoms with Crippen LogP contribution in [0, 0.1) is 46.8 Å². The molecule has 76 heavy (non-hydrogen) atoms.